The van der Waals surface area contributed by atoms with Crippen LogP contribution in [0.5, 0.6) is 0 Å². The Balaban J connectivity index is 2.22. The summed E-state index contributed by atoms with van der Waals surface area (Å²) in [6.07, 6.45) is 10.3. The van der Waals surface area contributed by atoms with Gasteiger partial charge in [0.25, 0.3) is 0 Å². The van der Waals surface area contributed by atoms with Crippen LogP contribution in [-0.2, 0) is 0 Å². The lowest BCUT2D eigenvalue weighted by Crippen LogP contribution is -1.82. The van der Waals surface area contributed by atoms with Crippen LogP contribution in [0.4, 0.5) is 0 Å². The molecule has 1 aliphatic rings. The van der Waals surface area contributed by atoms with Gasteiger partial charge in [0.05, 0.1) is 0 Å². The minimum Gasteiger partial charge on any atom is -0.0879 e. The fourth-order valence-electron chi connectivity index (χ4n) is 1.68. The number of hydrogen-bond donors (Lipinski definition) is 0. The summed E-state index contributed by atoms with van der Waals surface area (Å²) >= 11 is 0. The van der Waals surface area contributed by atoms with Gasteiger partial charge in [0.2, 0.25) is 0 Å². The molecule has 0 atom stereocenters. The van der Waals surface area contributed by atoms with Crippen molar-refractivity contribution in [3.05, 3.63) is 54.1 Å². The van der Waals surface area contributed by atoms with E-state index in [2.05, 4.69) is 48.6 Å². The van der Waals surface area contributed by atoms with Crippen LogP contribution in [-0.4, -0.2) is 0 Å². The van der Waals surface area contributed by atoms with E-state index >= 15 is 0 Å². The van der Waals surface area contributed by atoms with E-state index < -0.39 is 0 Å². The molecular weight excluding hydrogens is 156 g/mol. The zero-order chi connectivity index (χ0) is 8.93. The van der Waals surface area contributed by atoms with E-state index in [1.807, 2.05) is 0 Å². The van der Waals surface area contributed by atoms with E-state index in [1.54, 1.807) is 0 Å². The van der Waals surface area contributed by atoms with E-state index in [0.29, 0.717) is 0 Å². The van der Waals surface area contributed by atoms with Crippen molar-refractivity contribution in [2.75, 3.05) is 0 Å². The second kappa shape index (κ2) is 4.08. The van der Waals surface area contributed by atoms with Crippen LogP contribution in [0.25, 0.3) is 5.57 Å². The molecule has 1 aromatic carbocycles. The van der Waals surface area contributed by atoms with Crippen LogP contribution in [0.3, 0.4) is 0 Å². The lowest BCUT2D eigenvalue weighted by Gasteiger charge is -2.04. The fraction of sp³-hybridized carbons (Fsp3) is 0.231. The highest BCUT2D eigenvalue weighted by molar-refractivity contribution is 5.66. The molecule has 0 aromatic heterocycles. The third kappa shape index (κ3) is 2.09. The van der Waals surface area contributed by atoms with Crippen molar-refractivity contribution in [3.8, 4) is 0 Å². The molecule has 2 rings (SSSR count). The molecule has 1 aromatic rings. The largest absolute Gasteiger partial charge is 0.0879 e. The van der Waals surface area contributed by atoms with Crippen LogP contribution in [0.2, 0.25) is 0 Å². The molecule has 1 aliphatic carbocycles. The van der Waals surface area contributed by atoms with Crippen LogP contribution in [0, 0.1) is 0 Å². The van der Waals surface area contributed by atoms with Gasteiger partial charge in [-0.15, -0.1) is 0 Å². The quantitative estimate of drug-likeness (QED) is 0.562. The van der Waals surface area contributed by atoms with Gasteiger partial charge < -0.3 is 0 Å². The first-order valence-electron chi connectivity index (χ1n) is 4.86. The highest BCUT2D eigenvalue weighted by atomic mass is 14.1. The standard InChI is InChI=1S/C13H14/c1-2-5-9-12(8-4-1)13-10-6-3-7-11-13/h1-3,6-8,10-11H,4-5,9H2. The Morgan fingerprint density at radius 1 is 0.923 bits per heavy atom. The Kier molecular flexibility index (Phi) is 2.61. The summed E-state index contributed by atoms with van der Waals surface area (Å²) < 4.78 is 0. The Morgan fingerprint density at radius 3 is 2.62 bits per heavy atom. The number of allylic oxidation sites excluding steroid dienone is 4. The van der Waals surface area contributed by atoms with Crippen molar-refractivity contribution in [1.29, 1.82) is 0 Å². The third-order valence-electron chi connectivity index (χ3n) is 2.39. The van der Waals surface area contributed by atoms with Crippen LogP contribution >= 0.6 is 0 Å². The molecule has 0 amide bonds. The summed E-state index contributed by atoms with van der Waals surface area (Å²) in [4.78, 5) is 0. The topological polar surface area (TPSA) is 0 Å². The summed E-state index contributed by atoms with van der Waals surface area (Å²) in [5, 5.41) is 0. The monoisotopic (exact) mass is 170 g/mol. The smallest absolute Gasteiger partial charge is 0.0163 e. The lowest BCUT2D eigenvalue weighted by molar-refractivity contribution is 1.08. The van der Waals surface area contributed by atoms with Crippen LogP contribution in [0.15, 0.2) is 48.6 Å². The molecule has 0 N–H and O–H groups in total. The summed E-state index contributed by atoms with van der Waals surface area (Å²) in [5.74, 6) is 0. The van der Waals surface area contributed by atoms with Gasteiger partial charge in [-0.1, -0.05) is 48.6 Å². The van der Waals surface area contributed by atoms with Gasteiger partial charge in [0.15, 0.2) is 0 Å². The molecule has 0 fully saturated rings. The normalized spacial score (nSPS) is 16.5. The van der Waals surface area contributed by atoms with E-state index in [0.717, 1.165) is 6.42 Å². The molecule has 0 heteroatoms. The minimum atomic E-state index is 1.09. The second-order valence-corrected chi connectivity index (χ2v) is 3.34. The molecule has 0 heterocycles. The second-order valence-electron chi connectivity index (χ2n) is 3.34. The highest BCUT2D eigenvalue weighted by Gasteiger charge is 2.00. The molecule has 0 spiro atoms. The first-order valence-corrected chi connectivity index (χ1v) is 4.86. The first-order chi connectivity index (χ1) is 6.47. The molecule has 0 saturated carbocycles. The zero-order valence-corrected chi connectivity index (χ0v) is 7.74. The maximum Gasteiger partial charge on any atom is -0.0163 e. The van der Waals surface area contributed by atoms with Crippen LogP contribution < -0.4 is 0 Å². The zero-order valence-electron chi connectivity index (χ0n) is 7.74. The summed E-state index contributed by atoms with van der Waals surface area (Å²) in [7, 11) is 0. The molecule has 0 unspecified atom stereocenters. The van der Waals surface area contributed by atoms with Crippen LogP contribution in [0.1, 0.15) is 24.8 Å². The predicted octanol–water partition coefficient (Wildman–Crippen LogP) is 3.81. The van der Waals surface area contributed by atoms with Gasteiger partial charge in [-0.05, 0) is 30.4 Å². The van der Waals surface area contributed by atoms with E-state index in [1.165, 1.54) is 24.0 Å². The average molecular weight is 170 g/mol. The van der Waals surface area contributed by atoms with Gasteiger partial charge in [-0.3, -0.25) is 0 Å². The molecular formula is C13H14. The van der Waals surface area contributed by atoms with Crippen molar-refractivity contribution in [2.24, 2.45) is 0 Å². The Morgan fingerprint density at radius 2 is 1.77 bits per heavy atom. The van der Waals surface area contributed by atoms with E-state index in [-0.39, 0.29) is 0 Å². The van der Waals surface area contributed by atoms with Gasteiger partial charge in [-0.2, -0.15) is 0 Å². The first kappa shape index (κ1) is 8.31. The van der Waals surface area contributed by atoms with Gasteiger partial charge in [-0.25, -0.2) is 0 Å². The van der Waals surface area contributed by atoms with Gasteiger partial charge >= 0.3 is 0 Å². The van der Waals surface area contributed by atoms with Gasteiger partial charge in [0.1, 0.15) is 0 Å². The summed E-state index contributed by atoms with van der Waals surface area (Å²) in [5.41, 5.74) is 2.87. The Labute approximate surface area is 79.6 Å². The SMILES string of the molecule is C1=CCCC(c2ccccc2)=CC1. The molecule has 66 valence electrons. The third-order valence-corrected chi connectivity index (χ3v) is 2.39. The van der Waals surface area contributed by atoms with Crippen molar-refractivity contribution in [3.63, 3.8) is 0 Å². The number of rotatable bonds is 1. The highest BCUT2D eigenvalue weighted by Crippen LogP contribution is 2.22. The average Bonchev–Trinajstić information content (AvgIpc) is 2.47. The molecule has 0 radical (unpaired) electrons. The van der Waals surface area contributed by atoms with Crippen molar-refractivity contribution < 1.29 is 0 Å². The molecule has 13 heavy (non-hydrogen) atoms. The van der Waals surface area contributed by atoms with Crippen molar-refractivity contribution in [1.82, 2.24) is 0 Å². The fourth-order valence-corrected chi connectivity index (χ4v) is 1.68. The molecule has 0 saturated heterocycles. The molecule has 0 nitrogen and oxygen atoms in total. The molecule has 0 bridgehead atoms. The van der Waals surface area contributed by atoms with Crippen molar-refractivity contribution >= 4 is 5.57 Å². The minimum absolute atomic E-state index is 1.09. The summed E-state index contributed by atoms with van der Waals surface area (Å²) in [6, 6.07) is 10.7. The number of benzene rings is 1. The van der Waals surface area contributed by atoms with Crippen molar-refractivity contribution in [2.45, 2.75) is 19.3 Å². The Hall–Kier alpha value is -1.30. The number of hydrogen-bond acceptors (Lipinski definition) is 0. The Bertz CT molecular complexity index is 317. The lowest BCUT2D eigenvalue weighted by atomic mass is 10.0. The van der Waals surface area contributed by atoms with E-state index in [9.17, 15) is 0 Å². The summed E-state index contributed by atoms with van der Waals surface area (Å²) in [6.45, 7) is 0. The van der Waals surface area contributed by atoms with E-state index in [4.69, 9.17) is 0 Å². The maximum atomic E-state index is 2.33. The molecule has 0 aliphatic heterocycles. The van der Waals surface area contributed by atoms with Gasteiger partial charge in [0, 0.05) is 0 Å². The maximum absolute atomic E-state index is 2.33. The predicted molar refractivity (Wildman–Crippen MR) is 57.4 cm³/mol.